The molecule has 1 saturated carbocycles. The van der Waals surface area contributed by atoms with Crippen LogP contribution in [0.3, 0.4) is 0 Å². The summed E-state index contributed by atoms with van der Waals surface area (Å²) in [5.74, 6) is 0.496. The second-order valence-electron chi connectivity index (χ2n) is 4.41. The Morgan fingerprint density at radius 3 is 2.50 bits per heavy atom. The van der Waals surface area contributed by atoms with Crippen LogP contribution < -0.4 is 5.32 Å². The molecule has 0 aliphatic heterocycles. The van der Waals surface area contributed by atoms with Crippen molar-refractivity contribution in [3.05, 3.63) is 0 Å². The lowest BCUT2D eigenvalue weighted by molar-refractivity contribution is -0.125. The monoisotopic (exact) mass is 217 g/mol. The molecule has 1 amide bonds. The Morgan fingerprint density at radius 2 is 2.00 bits per heavy atom. The molecular weight excluding hydrogens is 198 g/mol. The highest BCUT2D eigenvalue weighted by atomic mass is 35.5. The second-order valence-corrected chi connectivity index (χ2v) is 5.15. The molecule has 0 spiro atoms. The zero-order valence-corrected chi connectivity index (χ0v) is 9.81. The van der Waals surface area contributed by atoms with Gasteiger partial charge in [-0.15, -0.1) is 11.6 Å². The quantitative estimate of drug-likeness (QED) is 0.721. The van der Waals surface area contributed by atoms with Crippen molar-refractivity contribution in [1.82, 2.24) is 5.32 Å². The van der Waals surface area contributed by atoms with Crippen molar-refractivity contribution < 1.29 is 4.79 Å². The van der Waals surface area contributed by atoms with Gasteiger partial charge in [-0.25, -0.2) is 0 Å². The number of rotatable bonds is 4. The number of nitrogens with one attached hydrogen (secondary N) is 1. The molecule has 1 aliphatic rings. The topological polar surface area (TPSA) is 29.1 Å². The van der Waals surface area contributed by atoms with Gasteiger partial charge in [0.2, 0.25) is 5.91 Å². The van der Waals surface area contributed by atoms with Crippen LogP contribution in [0, 0.1) is 5.92 Å². The summed E-state index contributed by atoms with van der Waals surface area (Å²) in [6.45, 7) is 3.98. The van der Waals surface area contributed by atoms with E-state index in [4.69, 9.17) is 11.6 Å². The first-order valence-electron chi connectivity index (χ1n) is 5.54. The normalized spacial score (nSPS) is 21.9. The average molecular weight is 218 g/mol. The van der Waals surface area contributed by atoms with Crippen LogP contribution in [0.4, 0.5) is 0 Å². The van der Waals surface area contributed by atoms with Crippen molar-refractivity contribution in [2.75, 3.05) is 0 Å². The van der Waals surface area contributed by atoms with Crippen LogP contribution in [0.2, 0.25) is 0 Å². The number of alkyl halides is 1. The molecule has 0 bridgehead atoms. The summed E-state index contributed by atoms with van der Waals surface area (Å²) >= 11 is 5.86. The van der Waals surface area contributed by atoms with E-state index in [0.717, 1.165) is 19.3 Å². The molecule has 1 N–H and O–H groups in total. The third-order valence-corrected chi connectivity index (χ3v) is 2.97. The molecule has 0 aromatic carbocycles. The number of halogens is 1. The third kappa shape index (κ3) is 3.87. The van der Waals surface area contributed by atoms with E-state index in [0.29, 0.717) is 0 Å². The molecule has 3 heteroatoms. The summed E-state index contributed by atoms with van der Waals surface area (Å²) in [4.78, 5) is 11.7. The molecule has 14 heavy (non-hydrogen) atoms. The van der Waals surface area contributed by atoms with Gasteiger partial charge < -0.3 is 5.32 Å². The molecule has 0 saturated heterocycles. The van der Waals surface area contributed by atoms with Gasteiger partial charge in [0.1, 0.15) is 0 Å². The van der Waals surface area contributed by atoms with E-state index in [2.05, 4.69) is 5.32 Å². The molecule has 1 fully saturated rings. The smallest absolute Gasteiger partial charge is 0.223 e. The van der Waals surface area contributed by atoms with E-state index in [1.807, 2.05) is 13.8 Å². The average Bonchev–Trinajstić information content (AvgIpc) is 2.53. The van der Waals surface area contributed by atoms with Gasteiger partial charge in [0.15, 0.2) is 0 Å². The number of carbonyl (C=O) groups excluding carboxylic acids is 1. The minimum absolute atomic E-state index is 0.133. The maximum Gasteiger partial charge on any atom is 0.223 e. The van der Waals surface area contributed by atoms with Crippen molar-refractivity contribution in [3.8, 4) is 0 Å². The Kier molecular flexibility index (Phi) is 4.73. The maximum absolute atomic E-state index is 11.7. The molecule has 2 nitrogen and oxygen atoms in total. The zero-order valence-electron chi connectivity index (χ0n) is 9.05. The number of amides is 1. The van der Waals surface area contributed by atoms with Crippen molar-refractivity contribution in [1.29, 1.82) is 0 Å². The van der Waals surface area contributed by atoms with Crippen LogP contribution in [0.25, 0.3) is 0 Å². The van der Waals surface area contributed by atoms with Crippen LogP contribution in [-0.2, 0) is 4.79 Å². The summed E-state index contributed by atoms with van der Waals surface area (Å²) in [5, 5.41) is 3.16. The van der Waals surface area contributed by atoms with Gasteiger partial charge in [-0.3, -0.25) is 4.79 Å². The van der Waals surface area contributed by atoms with Crippen LogP contribution >= 0.6 is 11.6 Å². The van der Waals surface area contributed by atoms with Crippen molar-refractivity contribution >= 4 is 17.5 Å². The number of carbonyl (C=O) groups is 1. The minimum atomic E-state index is 0.133. The fourth-order valence-corrected chi connectivity index (χ4v) is 2.36. The number of hydrogen-bond acceptors (Lipinski definition) is 1. The molecule has 2 atom stereocenters. The molecule has 0 radical (unpaired) electrons. The van der Waals surface area contributed by atoms with Crippen molar-refractivity contribution in [2.24, 2.45) is 5.92 Å². The summed E-state index contributed by atoms with van der Waals surface area (Å²) < 4.78 is 0. The Morgan fingerprint density at radius 1 is 1.43 bits per heavy atom. The van der Waals surface area contributed by atoms with E-state index in [-0.39, 0.29) is 23.2 Å². The van der Waals surface area contributed by atoms with Gasteiger partial charge in [0.25, 0.3) is 0 Å². The SMILES string of the molecule is CC(Cl)CC(C)NC(=O)C1CCCC1. The number of hydrogen-bond donors (Lipinski definition) is 1. The molecule has 82 valence electrons. The van der Waals surface area contributed by atoms with E-state index in [1.165, 1.54) is 12.8 Å². The second kappa shape index (κ2) is 5.59. The maximum atomic E-state index is 11.7. The van der Waals surface area contributed by atoms with Gasteiger partial charge in [-0.05, 0) is 33.1 Å². The third-order valence-electron chi connectivity index (χ3n) is 2.79. The largest absolute Gasteiger partial charge is 0.353 e. The standard InChI is InChI=1S/C11H20ClNO/c1-8(12)7-9(2)13-11(14)10-5-3-4-6-10/h8-10H,3-7H2,1-2H3,(H,13,14). The molecule has 0 heterocycles. The Hall–Kier alpha value is -0.240. The Bertz CT molecular complexity index is 188. The van der Waals surface area contributed by atoms with Crippen molar-refractivity contribution in [3.63, 3.8) is 0 Å². The lowest BCUT2D eigenvalue weighted by Gasteiger charge is -2.17. The molecule has 0 aromatic rings. The van der Waals surface area contributed by atoms with Gasteiger partial charge >= 0.3 is 0 Å². The first-order chi connectivity index (χ1) is 6.59. The van der Waals surface area contributed by atoms with Crippen LogP contribution in [-0.4, -0.2) is 17.3 Å². The Labute approximate surface area is 91.4 Å². The highest BCUT2D eigenvalue weighted by molar-refractivity contribution is 6.20. The van der Waals surface area contributed by atoms with Crippen molar-refractivity contribution in [2.45, 2.75) is 57.4 Å². The van der Waals surface area contributed by atoms with Gasteiger partial charge in [0.05, 0.1) is 0 Å². The lowest BCUT2D eigenvalue weighted by atomic mass is 10.1. The molecule has 1 rings (SSSR count). The van der Waals surface area contributed by atoms with Crippen LogP contribution in [0.15, 0.2) is 0 Å². The molecule has 0 aromatic heterocycles. The van der Waals surface area contributed by atoms with Gasteiger partial charge in [-0.1, -0.05) is 12.8 Å². The van der Waals surface area contributed by atoms with E-state index < -0.39 is 0 Å². The summed E-state index contributed by atoms with van der Waals surface area (Å²) in [6, 6.07) is 0.204. The lowest BCUT2D eigenvalue weighted by Crippen LogP contribution is -2.37. The zero-order chi connectivity index (χ0) is 10.6. The van der Waals surface area contributed by atoms with E-state index >= 15 is 0 Å². The predicted octanol–water partition coefficient (Wildman–Crippen LogP) is 2.70. The first-order valence-corrected chi connectivity index (χ1v) is 5.97. The summed E-state index contributed by atoms with van der Waals surface area (Å²) in [7, 11) is 0. The Balaban J connectivity index is 2.25. The van der Waals surface area contributed by atoms with Gasteiger partial charge in [0, 0.05) is 17.3 Å². The minimum Gasteiger partial charge on any atom is -0.353 e. The summed E-state index contributed by atoms with van der Waals surface area (Å²) in [6.07, 6.45) is 5.39. The fourth-order valence-electron chi connectivity index (χ4n) is 2.09. The fraction of sp³-hybridized carbons (Fsp3) is 0.909. The molecule has 2 unspecified atom stereocenters. The molecular formula is C11H20ClNO. The van der Waals surface area contributed by atoms with E-state index in [9.17, 15) is 4.79 Å². The van der Waals surface area contributed by atoms with Gasteiger partial charge in [-0.2, -0.15) is 0 Å². The van der Waals surface area contributed by atoms with E-state index in [1.54, 1.807) is 0 Å². The highest BCUT2D eigenvalue weighted by Gasteiger charge is 2.23. The van der Waals surface area contributed by atoms with Crippen LogP contribution in [0.1, 0.15) is 46.0 Å². The highest BCUT2D eigenvalue weighted by Crippen LogP contribution is 2.24. The first kappa shape index (κ1) is 11.8. The van der Waals surface area contributed by atoms with Crippen LogP contribution in [0.5, 0.6) is 0 Å². The summed E-state index contributed by atoms with van der Waals surface area (Å²) in [5.41, 5.74) is 0. The predicted molar refractivity (Wildman–Crippen MR) is 59.5 cm³/mol. The molecule has 1 aliphatic carbocycles.